The van der Waals surface area contributed by atoms with E-state index in [2.05, 4.69) is 50.4 Å². The number of nitrogens with zero attached hydrogens (tertiary/aromatic N) is 3. The molecule has 0 radical (unpaired) electrons. The van der Waals surface area contributed by atoms with Gasteiger partial charge in [0.25, 0.3) is 0 Å². The molecule has 33 heavy (non-hydrogen) atoms. The average molecular weight is 443 g/mol. The number of hydrogen-bond acceptors (Lipinski definition) is 5. The molecule has 6 nitrogen and oxygen atoms in total. The van der Waals surface area contributed by atoms with E-state index in [-0.39, 0.29) is 17.2 Å². The van der Waals surface area contributed by atoms with E-state index in [4.69, 9.17) is 14.8 Å². The van der Waals surface area contributed by atoms with E-state index in [0.717, 1.165) is 41.0 Å². The second-order valence-corrected chi connectivity index (χ2v) is 9.73. The summed E-state index contributed by atoms with van der Waals surface area (Å²) in [5, 5.41) is 8.29. The molecule has 1 aromatic heterocycles. The molecule has 0 spiro atoms. The molecule has 0 saturated carbocycles. The van der Waals surface area contributed by atoms with Crippen LogP contribution in [-0.2, 0) is 10.2 Å². The topological polar surface area (TPSA) is 69.0 Å². The highest BCUT2D eigenvalue weighted by Gasteiger charge is 2.37. The van der Waals surface area contributed by atoms with Crippen LogP contribution in [0.15, 0.2) is 59.8 Å². The number of nitrogens with one attached hydrogen (secondary N) is 1. The first-order valence-electron chi connectivity index (χ1n) is 11.7. The van der Waals surface area contributed by atoms with Crippen molar-refractivity contribution in [3.05, 3.63) is 70.9 Å². The van der Waals surface area contributed by atoms with Gasteiger partial charge in [-0.2, -0.15) is 4.98 Å². The Hall–Kier alpha value is -3.41. The van der Waals surface area contributed by atoms with E-state index in [0.29, 0.717) is 24.8 Å². The lowest BCUT2D eigenvalue weighted by atomic mass is 9.85. The highest BCUT2D eigenvalue weighted by Crippen LogP contribution is 2.41. The molecule has 5 rings (SSSR count). The number of benzene rings is 2. The zero-order chi connectivity index (χ0) is 23.2. The van der Waals surface area contributed by atoms with Crippen molar-refractivity contribution in [2.45, 2.75) is 58.4 Å². The van der Waals surface area contributed by atoms with Crippen LogP contribution in [0, 0.1) is 0 Å². The second kappa shape index (κ2) is 8.18. The fourth-order valence-corrected chi connectivity index (χ4v) is 4.62. The number of fused-ring (bicyclic) bond motifs is 1. The molecule has 6 heteroatoms. The predicted molar refractivity (Wildman–Crippen MR) is 129 cm³/mol. The van der Waals surface area contributed by atoms with Crippen LogP contribution in [0.2, 0.25) is 0 Å². The smallest absolute Gasteiger partial charge is 0.226 e. The van der Waals surface area contributed by atoms with Crippen LogP contribution >= 0.6 is 0 Å². The van der Waals surface area contributed by atoms with E-state index in [1.807, 2.05) is 35.9 Å². The van der Waals surface area contributed by atoms with Crippen LogP contribution in [0.1, 0.15) is 64.1 Å². The van der Waals surface area contributed by atoms with Crippen LogP contribution in [-0.4, -0.2) is 27.2 Å². The summed E-state index contributed by atoms with van der Waals surface area (Å²) < 4.78 is 7.48. The molecule has 0 fully saturated rings. The minimum Gasteiger partial charge on any atom is -0.494 e. The SMILES string of the molecule is CCOc1ccc(C2C3=C(CCCC3=O)Nc3nc(-c4ccc(C(C)(C)C)cc4)nn32)cc1. The third kappa shape index (κ3) is 3.94. The minimum atomic E-state index is -0.296. The summed E-state index contributed by atoms with van der Waals surface area (Å²) >= 11 is 0. The molecule has 0 amide bonds. The molecule has 3 aromatic rings. The van der Waals surface area contributed by atoms with Crippen LogP contribution in [0.25, 0.3) is 11.4 Å². The molecule has 1 atom stereocenters. The van der Waals surface area contributed by atoms with E-state index in [1.165, 1.54) is 5.56 Å². The number of ketones is 1. The van der Waals surface area contributed by atoms with Crippen molar-refractivity contribution in [2.75, 3.05) is 11.9 Å². The van der Waals surface area contributed by atoms with Crippen molar-refractivity contribution >= 4 is 11.7 Å². The highest BCUT2D eigenvalue weighted by molar-refractivity contribution is 5.99. The van der Waals surface area contributed by atoms with Gasteiger partial charge in [0.2, 0.25) is 5.95 Å². The van der Waals surface area contributed by atoms with Crippen LogP contribution in [0.5, 0.6) is 5.75 Å². The van der Waals surface area contributed by atoms with Gasteiger partial charge in [-0.1, -0.05) is 57.2 Å². The fourth-order valence-electron chi connectivity index (χ4n) is 4.62. The first-order valence-corrected chi connectivity index (χ1v) is 11.7. The maximum atomic E-state index is 13.0. The molecule has 1 N–H and O–H groups in total. The van der Waals surface area contributed by atoms with Crippen molar-refractivity contribution in [1.29, 1.82) is 0 Å². The second-order valence-electron chi connectivity index (χ2n) is 9.73. The van der Waals surface area contributed by atoms with Crippen LogP contribution < -0.4 is 10.1 Å². The number of hydrogen-bond donors (Lipinski definition) is 1. The minimum absolute atomic E-state index is 0.0863. The molecule has 170 valence electrons. The van der Waals surface area contributed by atoms with Crippen molar-refractivity contribution in [1.82, 2.24) is 14.8 Å². The number of ether oxygens (including phenoxy) is 1. The zero-order valence-electron chi connectivity index (χ0n) is 19.7. The number of aromatic nitrogens is 3. The third-order valence-corrected chi connectivity index (χ3v) is 6.38. The van der Waals surface area contributed by atoms with Crippen LogP contribution in [0.3, 0.4) is 0 Å². The number of allylic oxidation sites excluding steroid dienone is 2. The Bertz CT molecular complexity index is 1210. The van der Waals surface area contributed by atoms with E-state index < -0.39 is 0 Å². The Morgan fingerprint density at radius 3 is 2.45 bits per heavy atom. The number of rotatable bonds is 4. The lowest BCUT2D eigenvalue weighted by molar-refractivity contribution is -0.116. The summed E-state index contributed by atoms with van der Waals surface area (Å²) in [6, 6.07) is 16.1. The van der Waals surface area contributed by atoms with Gasteiger partial charge in [-0.15, -0.1) is 5.10 Å². The quantitative estimate of drug-likeness (QED) is 0.564. The largest absolute Gasteiger partial charge is 0.494 e. The van der Waals surface area contributed by atoms with Crippen molar-refractivity contribution in [2.24, 2.45) is 0 Å². The van der Waals surface area contributed by atoms with Gasteiger partial charge in [0, 0.05) is 23.3 Å². The van der Waals surface area contributed by atoms with E-state index >= 15 is 0 Å². The molecule has 2 heterocycles. The summed E-state index contributed by atoms with van der Waals surface area (Å²) in [5.41, 5.74) is 5.09. The Balaban J connectivity index is 1.57. The zero-order valence-corrected chi connectivity index (χ0v) is 19.7. The van der Waals surface area contributed by atoms with Gasteiger partial charge in [-0.25, -0.2) is 4.68 Å². The normalized spacial score (nSPS) is 17.9. The maximum absolute atomic E-state index is 13.0. The summed E-state index contributed by atoms with van der Waals surface area (Å²) in [6.07, 6.45) is 2.27. The number of carbonyl (C=O) groups is 1. The van der Waals surface area contributed by atoms with Gasteiger partial charge in [-0.05, 0) is 48.4 Å². The molecule has 1 unspecified atom stereocenters. The predicted octanol–water partition coefficient (Wildman–Crippen LogP) is 5.66. The van der Waals surface area contributed by atoms with Crippen molar-refractivity contribution < 1.29 is 9.53 Å². The molecule has 1 aliphatic heterocycles. The van der Waals surface area contributed by atoms with E-state index in [1.54, 1.807) is 0 Å². The van der Waals surface area contributed by atoms with Gasteiger partial charge in [0.05, 0.1) is 6.61 Å². The average Bonchev–Trinajstić information content (AvgIpc) is 3.22. The summed E-state index contributed by atoms with van der Waals surface area (Å²) in [6.45, 7) is 9.19. The van der Waals surface area contributed by atoms with Crippen LogP contribution in [0.4, 0.5) is 5.95 Å². The first kappa shape index (κ1) is 21.4. The van der Waals surface area contributed by atoms with E-state index in [9.17, 15) is 4.79 Å². The Labute approximate surface area is 194 Å². The number of anilines is 1. The molecular weight excluding hydrogens is 412 g/mol. The van der Waals surface area contributed by atoms with Crippen molar-refractivity contribution in [3.63, 3.8) is 0 Å². The molecule has 1 aliphatic carbocycles. The Kier molecular flexibility index (Phi) is 5.31. The number of Topliss-reactive ketones (excluding diaryl/α,β-unsaturated/α-hetero) is 1. The van der Waals surface area contributed by atoms with Gasteiger partial charge in [0.1, 0.15) is 11.8 Å². The number of carbonyl (C=O) groups excluding carboxylic acids is 1. The maximum Gasteiger partial charge on any atom is 0.226 e. The monoisotopic (exact) mass is 442 g/mol. The van der Waals surface area contributed by atoms with Gasteiger partial charge < -0.3 is 10.1 Å². The highest BCUT2D eigenvalue weighted by atomic mass is 16.5. The van der Waals surface area contributed by atoms with Crippen molar-refractivity contribution in [3.8, 4) is 17.1 Å². The molecule has 0 bridgehead atoms. The summed E-state index contributed by atoms with van der Waals surface area (Å²) in [7, 11) is 0. The van der Waals surface area contributed by atoms with Gasteiger partial charge in [0.15, 0.2) is 11.6 Å². The Morgan fingerprint density at radius 2 is 1.79 bits per heavy atom. The summed E-state index contributed by atoms with van der Waals surface area (Å²) in [5.74, 6) is 2.33. The van der Waals surface area contributed by atoms with Gasteiger partial charge >= 0.3 is 0 Å². The molecule has 2 aromatic carbocycles. The Morgan fingerprint density at radius 1 is 1.06 bits per heavy atom. The lowest BCUT2D eigenvalue weighted by Crippen LogP contribution is -2.31. The summed E-state index contributed by atoms with van der Waals surface area (Å²) in [4.78, 5) is 17.8. The standard InChI is InChI=1S/C27H30N4O2/c1-5-33-20-15-11-17(12-16-20)24-23-21(7-6-8-22(23)32)28-26-29-25(30-31(24)26)18-9-13-19(14-10-18)27(2,3)4/h9-16,24H,5-8H2,1-4H3,(H,28,29,30). The fraction of sp³-hybridized carbons (Fsp3) is 0.370. The lowest BCUT2D eigenvalue weighted by Gasteiger charge is -2.32. The van der Waals surface area contributed by atoms with Gasteiger partial charge in [-0.3, -0.25) is 4.79 Å². The molecule has 0 saturated heterocycles. The first-order chi connectivity index (χ1) is 15.8. The third-order valence-electron chi connectivity index (χ3n) is 6.38. The molecular formula is C27H30N4O2. The molecule has 2 aliphatic rings.